The van der Waals surface area contributed by atoms with Gasteiger partial charge < -0.3 is 0 Å². The Morgan fingerprint density at radius 1 is 1.30 bits per heavy atom. The van der Waals surface area contributed by atoms with Gasteiger partial charge in [-0.1, -0.05) is 0 Å². The van der Waals surface area contributed by atoms with Crippen molar-refractivity contribution in [2.24, 2.45) is 0 Å². The molecular weight excluding hydrogens is 365 g/mol. The average Bonchev–Trinajstić information content (AvgIpc) is 2.79. The van der Waals surface area contributed by atoms with E-state index in [0.717, 1.165) is 15.8 Å². The molecule has 0 saturated carbocycles. The number of thiophene rings is 1. The lowest BCUT2D eigenvalue weighted by Gasteiger charge is -2.13. The predicted molar refractivity (Wildman–Crippen MR) is 81.9 cm³/mol. The van der Waals surface area contributed by atoms with Gasteiger partial charge in [-0.25, -0.2) is 17.5 Å². The minimum absolute atomic E-state index is 0.0849. The van der Waals surface area contributed by atoms with Crippen LogP contribution in [0.25, 0.3) is 0 Å². The summed E-state index contributed by atoms with van der Waals surface area (Å²) in [4.78, 5) is 1.95. The summed E-state index contributed by atoms with van der Waals surface area (Å²) in [5.41, 5.74) is 0. The molecule has 3 nitrogen and oxygen atoms in total. The van der Waals surface area contributed by atoms with E-state index >= 15 is 0 Å². The van der Waals surface area contributed by atoms with Gasteiger partial charge in [0.25, 0.3) is 0 Å². The molecule has 1 atom stereocenters. The van der Waals surface area contributed by atoms with Gasteiger partial charge in [0.1, 0.15) is 5.82 Å². The Hall–Kier alpha value is -0.760. The predicted octanol–water partition coefficient (Wildman–Crippen LogP) is 4.00. The highest BCUT2D eigenvalue weighted by atomic mass is 79.9. The fourth-order valence-corrected chi connectivity index (χ4v) is 4.12. The molecule has 0 aliphatic carbocycles. The SMILES string of the molecule is Cc1ccc(C(C)NS(=O)(=O)c2ccc(Br)c(F)c2)s1. The molecule has 7 heteroatoms. The molecule has 20 heavy (non-hydrogen) atoms. The van der Waals surface area contributed by atoms with Crippen molar-refractivity contribution in [2.75, 3.05) is 0 Å². The van der Waals surface area contributed by atoms with E-state index in [2.05, 4.69) is 20.7 Å². The van der Waals surface area contributed by atoms with Crippen molar-refractivity contribution in [3.63, 3.8) is 0 Å². The van der Waals surface area contributed by atoms with Gasteiger partial charge in [0.15, 0.2) is 0 Å². The van der Waals surface area contributed by atoms with Crippen molar-refractivity contribution >= 4 is 37.3 Å². The second-order valence-electron chi connectivity index (χ2n) is 4.37. The molecule has 108 valence electrons. The highest BCUT2D eigenvalue weighted by Gasteiger charge is 2.20. The van der Waals surface area contributed by atoms with Crippen molar-refractivity contribution < 1.29 is 12.8 Å². The highest BCUT2D eigenvalue weighted by Crippen LogP contribution is 2.25. The van der Waals surface area contributed by atoms with Crippen molar-refractivity contribution in [1.82, 2.24) is 4.72 Å². The Morgan fingerprint density at radius 2 is 2.00 bits per heavy atom. The largest absolute Gasteiger partial charge is 0.241 e. The number of halogens is 2. The van der Waals surface area contributed by atoms with E-state index in [1.165, 1.54) is 23.5 Å². The average molecular weight is 378 g/mol. The van der Waals surface area contributed by atoms with Gasteiger partial charge in [-0.3, -0.25) is 0 Å². The van der Waals surface area contributed by atoms with Crippen molar-refractivity contribution in [2.45, 2.75) is 24.8 Å². The molecule has 1 heterocycles. The molecule has 0 bridgehead atoms. The number of benzene rings is 1. The second kappa shape index (κ2) is 5.93. The number of rotatable bonds is 4. The van der Waals surface area contributed by atoms with E-state index < -0.39 is 15.8 Å². The third kappa shape index (κ3) is 3.46. The molecule has 0 amide bonds. The first kappa shape index (κ1) is 15.6. The maximum Gasteiger partial charge on any atom is 0.241 e. The van der Waals surface area contributed by atoms with E-state index in [1.807, 2.05) is 19.1 Å². The quantitative estimate of drug-likeness (QED) is 0.874. The lowest BCUT2D eigenvalue weighted by atomic mass is 10.3. The van der Waals surface area contributed by atoms with Crippen molar-refractivity contribution in [3.8, 4) is 0 Å². The molecule has 0 fully saturated rings. The highest BCUT2D eigenvalue weighted by molar-refractivity contribution is 9.10. The number of hydrogen-bond acceptors (Lipinski definition) is 3. The molecule has 0 saturated heterocycles. The van der Waals surface area contributed by atoms with Crippen LogP contribution in [0.1, 0.15) is 22.7 Å². The topological polar surface area (TPSA) is 46.2 Å². The Labute approximate surface area is 130 Å². The first-order chi connectivity index (χ1) is 9.29. The zero-order valence-electron chi connectivity index (χ0n) is 10.9. The van der Waals surface area contributed by atoms with Gasteiger partial charge >= 0.3 is 0 Å². The molecular formula is C13H13BrFNO2S2. The van der Waals surface area contributed by atoms with Gasteiger partial charge in [0, 0.05) is 9.75 Å². The molecule has 0 aliphatic rings. The summed E-state index contributed by atoms with van der Waals surface area (Å²) < 4.78 is 40.6. The monoisotopic (exact) mass is 377 g/mol. The molecule has 2 aromatic rings. The van der Waals surface area contributed by atoms with Crippen LogP contribution in [0.5, 0.6) is 0 Å². The molecule has 1 unspecified atom stereocenters. The zero-order valence-corrected chi connectivity index (χ0v) is 14.1. The van der Waals surface area contributed by atoms with E-state index in [9.17, 15) is 12.8 Å². The summed E-state index contributed by atoms with van der Waals surface area (Å²) >= 11 is 4.53. The fraction of sp³-hybridized carbons (Fsp3) is 0.231. The Balaban J connectivity index is 2.24. The van der Waals surface area contributed by atoms with Gasteiger partial charge in [-0.2, -0.15) is 0 Å². The molecule has 1 aromatic carbocycles. The Bertz CT molecular complexity index is 728. The summed E-state index contributed by atoms with van der Waals surface area (Å²) in [6, 6.07) is 7.20. The van der Waals surface area contributed by atoms with Crippen LogP contribution in [0.4, 0.5) is 4.39 Å². The molecule has 0 aliphatic heterocycles. The van der Waals surface area contributed by atoms with Crippen LogP contribution in [-0.2, 0) is 10.0 Å². The Morgan fingerprint density at radius 3 is 2.55 bits per heavy atom. The number of aryl methyl sites for hydroxylation is 1. The molecule has 0 spiro atoms. The normalized spacial score (nSPS) is 13.4. The third-order valence-electron chi connectivity index (χ3n) is 2.72. The smallest absolute Gasteiger partial charge is 0.207 e. The maximum atomic E-state index is 13.4. The summed E-state index contributed by atoms with van der Waals surface area (Å²) in [6.07, 6.45) is 0. The zero-order chi connectivity index (χ0) is 14.9. The number of hydrogen-bond donors (Lipinski definition) is 1. The van der Waals surface area contributed by atoms with Gasteiger partial charge in [-0.15, -0.1) is 11.3 Å². The molecule has 1 N–H and O–H groups in total. The number of sulfonamides is 1. The minimum Gasteiger partial charge on any atom is -0.207 e. The maximum absolute atomic E-state index is 13.4. The van der Waals surface area contributed by atoms with Crippen LogP contribution in [-0.4, -0.2) is 8.42 Å². The van der Waals surface area contributed by atoms with Crippen LogP contribution in [0.3, 0.4) is 0 Å². The van der Waals surface area contributed by atoms with E-state index in [0.29, 0.717) is 0 Å². The summed E-state index contributed by atoms with van der Waals surface area (Å²) in [7, 11) is -3.74. The molecule has 1 aromatic heterocycles. The molecule has 2 rings (SSSR count). The van der Waals surface area contributed by atoms with Gasteiger partial charge in [0.05, 0.1) is 15.4 Å². The first-order valence-corrected chi connectivity index (χ1v) is 8.92. The van der Waals surface area contributed by atoms with Gasteiger partial charge in [-0.05, 0) is 60.1 Å². The number of nitrogens with one attached hydrogen (secondary N) is 1. The second-order valence-corrected chi connectivity index (χ2v) is 8.26. The summed E-state index contributed by atoms with van der Waals surface area (Å²) in [5.74, 6) is -0.604. The van der Waals surface area contributed by atoms with Crippen LogP contribution in [0.15, 0.2) is 39.7 Å². The standard InChI is InChI=1S/C13H13BrFNO2S2/c1-8-3-6-13(19-8)9(2)16-20(17,18)10-4-5-11(14)12(15)7-10/h3-7,9,16H,1-2H3. The van der Waals surface area contributed by atoms with Crippen LogP contribution >= 0.6 is 27.3 Å². The minimum atomic E-state index is -3.74. The Kier molecular flexibility index (Phi) is 4.63. The summed E-state index contributed by atoms with van der Waals surface area (Å²) in [6.45, 7) is 3.72. The lowest BCUT2D eigenvalue weighted by Crippen LogP contribution is -2.26. The van der Waals surface area contributed by atoms with Crippen molar-refractivity contribution in [3.05, 3.63) is 50.4 Å². The van der Waals surface area contributed by atoms with E-state index in [4.69, 9.17) is 0 Å². The first-order valence-electron chi connectivity index (χ1n) is 5.83. The fourth-order valence-electron chi connectivity index (χ4n) is 1.69. The summed E-state index contributed by atoms with van der Waals surface area (Å²) in [5, 5.41) is 0. The third-order valence-corrected chi connectivity index (χ3v) is 6.09. The van der Waals surface area contributed by atoms with Crippen LogP contribution in [0, 0.1) is 12.7 Å². The molecule has 0 radical (unpaired) electrons. The lowest BCUT2D eigenvalue weighted by molar-refractivity contribution is 0.565. The van der Waals surface area contributed by atoms with Crippen LogP contribution < -0.4 is 4.72 Å². The van der Waals surface area contributed by atoms with Crippen LogP contribution in [0.2, 0.25) is 0 Å². The van der Waals surface area contributed by atoms with Crippen molar-refractivity contribution in [1.29, 1.82) is 0 Å². The van der Waals surface area contributed by atoms with E-state index in [-0.39, 0.29) is 15.4 Å². The van der Waals surface area contributed by atoms with E-state index in [1.54, 1.807) is 6.92 Å². The van der Waals surface area contributed by atoms with Gasteiger partial charge in [0.2, 0.25) is 10.0 Å².